The maximum atomic E-state index is 13.2. The SMILES string of the molecule is COc1cc(CNc2cc(Cl)ccc2Cl)cc(Br)c1OCc1ccc(F)cc1Cl. The van der Waals surface area contributed by atoms with E-state index < -0.39 is 5.82 Å². The van der Waals surface area contributed by atoms with Crippen molar-refractivity contribution < 1.29 is 13.9 Å². The highest BCUT2D eigenvalue weighted by Crippen LogP contribution is 2.38. The molecule has 152 valence electrons. The van der Waals surface area contributed by atoms with Gasteiger partial charge in [-0.15, -0.1) is 0 Å². The molecule has 29 heavy (non-hydrogen) atoms. The van der Waals surface area contributed by atoms with E-state index >= 15 is 0 Å². The van der Waals surface area contributed by atoms with Crippen LogP contribution in [0.2, 0.25) is 15.1 Å². The Morgan fingerprint density at radius 2 is 1.79 bits per heavy atom. The van der Waals surface area contributed by atoms with E-state index in [1.165, 1.54) is 12.1 Å². The quantitative estimate of drug-likeness (QED) is 0.346. The van der Waals surface area contributed by atoms with Crippen molar-refractivity contribution in [2.24, 2.45) is 0 Å². The van der Waals surface area contributed by atoms with E-state index in [2.05, 4.69) is 21.2 Å². The van der Waals surface area contributed by atoms with Gasteiger partial charge in [0.1, 0.15) is 12.4 Å². The van der Waals surface area contributed by atoms with Crippen molar-refractivity contribution in [3.63, 3.8) is 0 Å². The molecule has 0 atom stereocenters. The predicted octanol–water partition coefficient (Wildman–Crippen LogP) is 7.75. The van der Waals surface area contributed by atoms with Crippen molar-refractivity contribution in [2.45, 2.75) is 13.2 Å². The summed E-state index contributed by atoms with van der Waals surface area (Å²) >= 11 is 21.8. The van der Waals surface area contributed by atoms with Crippen LogP contribution in [0.3, 0.4) is 0 Å². The van der Waals surface area contributed by atoms with E-state index in [1.807, 2.05) is 12.1 Å². The summed E-state index contributed by atoms with van der Waals surface area (Å²) in [6.45, 7) is 0.670. The molecule has 3 aromatic carbocycles. The van der Waals surface area contributed by atoms with Crippen LogP contribution in [0.4, 0.5) is 10.1 Å². The van der Waals surface area contributed by atoms with E-state index in [0.29, 0.717) is 43.1 Å². The largest absolute Gasteiger partial charge is 0.493 e. The van der Waals surface area contributed by atoms with Crippen LogP contribution in [0.15, 0.2) is 53.0 Å². The van der Waals surface area contributed by atoms with Gasteiger partial charge in [-0.05, 0) is 64.0 Å². The van der Waals surface area contributed by atoms with Crippen molar-refractivity contribution in [2.75, 3.05) is 12.4 Å². The summed E-state index contributed by atoms with van der Waals surface area (Å²) in [6, 6.07) is 13.2. The number of benzene rings is 3. The number of nitrogens with one attached hydrogen (secondary N) is 1. The summed E-state index contributed by atoms with van der Waals surface area (Å²) in [7, 11) is 1.56. The highest BCUT2D eigenvalue weighted by molar-refractivity contribution is 9.10. The minimum atomic E-state index is -0.394. The molecule has 3 nitrogen and oxygen atoms in total. The Morgan fingerprint density at radius 1 is 1.00 bits per heavy atom. The second kappa shape index (κ2) is 9.90. The van der Waals surface area contributed by atoms with Crippen molar-refractivity contribution in [1.82, 2.24) is 0 Å². The van der Waals surface area contributed by atoms with E-state index in [1.54, 1.807) is 31.4 Å². The molecule has 0 radical (unpaired) electrons. The Morgan fingerprint density at radius 3 is 2.52 bits per heavy atom. The van der Waals surface area contributed by atoms with E-state index in [0.717, 1.165) is 11.3 Å². The molecule has 0 aliphatic heterocycles. The number of ether oxygens (including phenoxy) is 2. The zero-order valence-corrected chi connectivity index (χ0v) is 19.1. The third-order valence-electron chi connectivity index (χ3n) is 4.09. The number of rotatable bonds is 7. The molecule has 0 spiro atoms. The molecule has 3 rings (SSSR count). The summed E-state index contributed by atoms with van der Waals surface area (Å²) in [6.07, 6.45) is 0. The Balaban J connectivity index is 1.75. The molecule has 0 aliphatic carbocycles. The van der Waals surface area contributed by atoms with Gasteiger partial charge in [0, 0.05) is 17.1 Å². The maximum absolute atomic E-state index is 13.2. The van der Waals surface area contributed by atoms with Crippen LogP contribution < -0.4 is 14.8 Å². The standard InChI is InChI=1S/C21H16BrCl3FNO2/c1-28-20-7-12(10-27-19-8-14(23)3-5-17(19)24)6-16(22)21(20)29-11-13-2-4-15(26)9-18(13)25/h2-9,27H,10-11H2,1H3. The molecule has 8 heteroatoms. The van der Waals surface area contributed by atoms with Gasteiger partial charge in [-0.2, -0.15) is 0 Å². The second-order valence-corrected chi connectivity index (χ2v) is 8.22. The fourth-order valence-corrected chi connectivity index (χ4v) is 3.82. The van der Waals surface area contributed by atoms with Crippen molar-refractivity contribution in [1.29, 1.82) is 0 Å². The van der Waals surface area contributed by atoms with E-state index in [9.17, 15) is 4.39 Å². The first-order valence-electron chi connectivity index (χ1n) is 8.49. The van der Waals surface area contributed by atoms with Gasteiger partial charge in [-0.3, -0.25) is 0 Å². The smallest absolute Gasteiger partial charge is 0.175 e. The minimum Gasteiger partial charge on any atom is -0.493 e. The van der Waals surface area contributed by atoms with Gasteiger partial charge in [0.2, 0.25) is 0 Å². The average Bonchev–Trinajstić information content (AvgIpc) is 2.68. The lowest BCUT2D eigenvalue weighted by Gasteiger charge is -2.16. The normalized spacial score (nSPS) is 10.7. The first-order chi connectivity index (χ1) is 13.9. The molecular weight excluding hydrogens is 503 g/mol. The van der Waals surface area contributed by atoms with Gasteiger partial charge >= 0.3 is 0 Å². The molecule has 3 aromatic rings. The molecule has 0 aromatic heterocycles. The topological polar surface area (TPSA) is 30.5 Å². The second-order valence-electron chi connectivity index (χ2n) is 6.11. The lowest BCUT2D eigenvalue weighted by molar-refractivity contribution is 0.282. The molecule has 0 unspecified atom stereocenters. The zero-order valence-electron chi connectivity index (χ0n) is 15.2. The van der Waals surface area contributed by atoms with Crippen LogP contribution >= 0.6 is 50.7 Å². The lowest BCUT2D eigenvalue weighted by Crippen LogP contribution is -2.03. The molecule has 0 amide bonds. The van der Waals surface area contributed by atoms with Crippen LogP contribution in [0.1, 0.15) is 11.1 Å². The van der Waals surface area contributed by atoms with Gasteiger partial charge in [0.05, 0.1) is 27.3 Å². The molecule has 0 heterocycles. The minimum absolute atomic E-state index is 0.170. The Labute approximate surface area is 191 Å². The summed E-state index contributed by atoms with van der Waals surface area (Å²) in [5, 5.41) is 4.73. The van der Waals surface area contributed by atoms with Gasteiger partial charge in [0.25, 0.3) is 0 Å². The molecule has 0 saturated carbocycles. The number of halogens is 5. The lowest BCUT2D eigenvalue weighted by atomic mass is 10.2. The maximum Gasteiger partial charge on any atom is 0.175 e. The fraction of sp³-hybridized carbons (Fsp3) is 0.143. The van der Waals surface area contributed by atoms with Crippen LogP contribution in [0.25, 0.3) is 0 Å². The summed E-state index contributed by atoms with van der Waals surface area (Å²) in [5.74, 6) is 0.679. The van der Waals surface area contributed by atoms with Gasteiger partial charge in [-0.25, -0.2) is 4.39 Å². The Kier molecular flexibility index (Phi) is 7.52. The van der Waals surface area contributed by atoms with Crippen LogP contribution in [-0.2, 0) is 13.2 Å². The van der Waals surface area contributed by atoms with Crippen molar-refractivity contribution in [3.05, 3.63) is 85.0 Å². The van der Waals surface area contributed by atoms with Crippen LogP contribution in [-0.4, -0.2) is 7.11 Å². The fourth-order valence-electron chi connectivity index (χ4n) is 2.63. The molecular formula is C21H16BrCl3FNO2. The monoisotopic (exact) mass is 517 g/mol. The highest BCUT2D eigenvalue weighted by Gasteiger charge is 2.13. The van der Waals surface area contributed by atoms with Gasteiger partial charge in [-0.1, -0.05) is 40.9 Å². The molecule has 0 bridgehead atoms. The number of hydrogen-bond acceptors (Lipinski definition) is 3. The van der Waals surface area contributed by atoms with Crippen LogP contribution in [0, 0.1) is 5.82 Å². The molecule has 1 N–H and O–H groups in total. The molecule has 0 saturated heterocycles. The zero-order chi connectivity index (χ0) is 21.0. The van der Waals surface area contributed by atoms with Crippen LogP contribution in [0.5, 0.6) is 11.5 Å². The summed E-state index contributed by atoms with van der Waals surface area (Å²) < 4.78 is 25.3. The highest BCUT2D eigenvalue weighted by atomic mass is 79.9. The van der Waals surface area contributed by atoms with Crippen molar-refractivity contribution >= 4 is 56.4 Å². The average molecular weight is 520 g/mol. The van der Waals surface area contributed by atoms with Gasteiger partial charge < -0.3 is 14.8 Å². The summed E-state index contributed by atoms with van der Waals surface area (Å²) in [4.78, 5) is 0. The third kappa shape index (κ3) is 5.70. The third-order valence-corrected chi connectivity index (χ3v) is 5.59. The summed E-state index contributed by atoms with van der Waals surface area (Å²) in [5.41, 5.74) is 2.35. The van der Waals surface area contributed by atoms with Gasteiger partial charge in [0.15, 0.2) is 11.5 Å². The Bertz CT molecular complexity index is 1030. The van der Waals surface area contributed by atoms with E-state index in [4.69, 9.17) is 44.3 Å². The Hall–Kier alpha value is -1.66. The number of anilines is 1. The number of methoxy groups -OCH3 is 1. The van der Waals surface area contributed by atoms with Crippen molar-refractivity contribution in [3.8, 4) is 11.5 Å². The molecule has 0 fully saturated rings. The van der Waals surface area contributed by atoms with E-state index in [-0.39, 0.29) is 6.61 Å². The number of hydrogen-bond donors (Lipinski definition) is 1. The predicted molar refractivity (Wildman–Crippen MR) is 120 cm³/mol. The molecule has 0 aliphatic rings. The first-order valence-corrected chi connectivity index (χ1v) is 10.4. The first kappa shape index (κ1) is 22.0.